The minimum atomic E-state index is 0.107. The van der Waals surface area contributed by atoms with Crippen molar-refractivity contribution < 1.29 is 0 Å². The molecule has 17 heavy (non-hydrogen) atoms. The van der Waals surface area contributed by atoms with Crippen molar-refractivity contribution in [3.05, 3.63) is 18.0 Å². The van der Waals surface area contributed by atoms with Gasteiger partial charge in [0.15, 0.2) is 0 Å². The van der Waals surface area contributed by atoms with Crippen LogP contribution in [0.15, 0.2) is 12.3 Å². The fourth-order valence-corrected chi connectivity index (χ4v) is 2.49. The maximum Gasteiger partial charge on any atom is 0.0796 e. The van der Waals surface area contributed by atoms with E-state index in [4.69, 9.17) is 5.84 Å². The first kappa shape index (κ1) is 12.5. The van der Waals surface area contributed by atoms with Crippen LogP contribution in [0, 0.1) is 0 Å². The summed E-state index contributed by atoms with van der Waals surface area (Å²) in [4.78, 5) is 4.70. The Balaban J connectivity index is 2.20. The SMILES string of the molecule is CN1CCN(C)C(C(NN)c2ccnn2C)C1. The smallest absolute Gasteiger partial charge is 0.0796 e. The molecule has 3 N–H and O–H groups in total. The van der Waals surface area contributed by atoms with Crippen LogP contribution in [0.25, 0.3) is 0 Å². The predicted molar refractivity (Wildman–Crippen MR) is 67.2 cm³/mol. The van der Waals surface area contributed by atoms with E-state index >= 15 is 0 Å². The number of rotatable bonds is 3. The van der Waals surface area contributed by atoms with E-state index in [2.05, 4.69) is 34.4 Å². The van der Waals surface area contributed by atoms with E-state index in [-0.39, 0.29) is 6.04 Å². The first-order valence-electron chi connectivity index (χ1n) is 5.96. The van der Waals surface area contributed by atoms with Gasteiger partial charge in [0.2, 0.25) is 0 Å². The van der Waals surface area contributed by atoms with Gasteiger partial charge in [0, 0.05) is 38.9 Å². The van der Waals surface area contributed by atoms with Crippen molar-refractivity contribution in [3.8, 4) is 0 Å². The van der Waals surface area contributed by atoms with Crippen molar-refractivity contribution in [3.63, 3.8) is 0 Å². The Kier molecular flexibility index (Phi) is 3.78. The van der Waals surface area contributed by atoms with Crippen LogP contribution in [0.5, 0.6) is 0 Å². The highest BCUT2D eigenvalue weighted by molar-refractivity contribution is 5.10. The highest BCUT2D eigenvalue weighted by atomic mass is 15.3. The highest BCUT2D eigenvalue weighted by Crippen LogP contribution is 2.21. The molecule has 1 aliphatic rings. The molecule has 96 valence electrons. The van der Waals surface area contributed by atoms with E-state index in [1.54, 1.807) is 0 Å². The number of aromatic nitrogens is 2. The van der Waals surface area contributed by atoms with E-state index in [0.717, 1.165) is 25.3 Å². The first-order valence-corrected chi connectivity index (χ1v) is 5.96. The van der Waals surface area contributed by atoms with Crippen molar-refractivity contribution in [2.45, 2.75) is 12.1 Å². The van der Waals surface area contributed by atoms with Crippen molar-refractivity contribution in [1.29, 1.82) is 0 Å². The molecule has 1 aromatic rings. The van der Waals surface area contributed by atoms with Gasteiger partial charge in [-0.3, -0.25) is 15.4 Å². The standard InChI is InChI=1S/C11H22N6/c1-15-6-7-16(2)10(8-15)11(14-12)9-4-5-13-17(9)3/h4-5,10-11,14H,6-8,12H2,1-3H3. The van der Waals surface area contributed by atoms with Gasteiger partial charge in [0.05, 0.1) is 11.7 Å². The first-order chi connectivity index (χ1) is 8.13. The van der Waals surface area contributed by atoms with Gasteiger partial charge in [0.25, 0.3) is 0 Å². The Labute approximate surface area is 102 Å². The van der Waals surface area contributed by atoms with Gasteiger partial charge in [-0.05, 0) is 20.2 Å². The van der Waals surface area contributed by atoms with Crippen LogP contribution in [-0.4, -0.2) is 59.4 Å². The minimum Gasteiger partial charge on any atom is -0.303 e. The summed E-state index contributed by atoms with van der Waals surface area (Å²) < 4.78 is 1.88. The van der Waals surface area contributed by atoms with Crippen LogP contribution >= 0.6 is 0 Å². The largest absolute Gasteiger partial charge is 0.303 e. The summed E-state index contributed by atoms with van der Waals surface area (Å²) in [6, 6.07) is 2.50. The van der Waals surface area contributed by atoms with Crippen molar-refractivity contribution in [2.24, 2.45) is 12.9 Å². The number of hydrogen-bond donors (Lipinski definition) is 2. The van der Waals surface area contributed by atoms with Crippen LogP contribution < -0.4 is 11.3 Å². The fraction of sp³-hybridized carbons (Fsp3) is 0.727. The fourth-order valence-electron chi connectivity index (χ4n) is 2.49. The van der Waals surface area contributed by atoms with Crippen LogP contribution in [0.2, 0.25) is 0 Å². The van der Waals surface area contributed by atoms with Crippen molar-refractivity contribution >= 4 is 0 Å². The van der Waals surface area contributed by atoms with Gasteiger partial charge in [-0.15, -0.1) is 0 Å². The quantitative estimate of drug-likeness (QED) is 0.532. The topological polar surface area (TPSA) is 62.4 Å². The number of hydrazine groups is 1. The van der Waals surface area contributed by atoms with Crippen LogP contribution in [0.3, 0.4) is 0 Å². The summed E-state index contributed by atoms with van der Waals surface area (Å²) in [5.41, 5.74) is 4.06. The summed E-state index contributed by atoms with van der Waals surface area (Å²) >= 11 is 0. The molecule has 1 fully saturated rings. The Hall–Kier alpha value is -0.950. The van der Waals surface area contributed by atoms with E-state index in [0.29, 0.717) is 6.04 Å². The lowest BCUT2D eigenvalue weighted by Crippen LogP contribution is -2.56. The average Bonchev–Trinajstić information content (AvgIpc) is 2.71. The molecule has 0 aliphatic carbocycles. The summed E-state index contributed by atoms with van der Waals surface area (Å²) in [6.07, 6.45) is 1.81. The number of aryl methyl sites for hydroxylation is 1. The molecule has 6 heteroatoms. The zero-order chi connectivity index (χ0) is 12.4. The molecule has 1 saturated heterocycles. The summed E-state index contributed by atoms with van der Waals surface area (Å²) in [7, 11) is 6.25. The van der Waals surface area contributed by atoms with E-state index < -0.39 is 0 Å². The molecule has 0 aromatic carbocycles. The third-order valence-corrected chi connectivity index (χ3v) is 3.64. The molecule has 0 amide bonds. The molecular weight excluding hydrogens is 216 g/mol. The molecule has 0 radical (unpaired) electrons. The average molecular weight is 238 g/mol. The minimum absolute atomic E-state index is 0.107. The van der Waals surface area contributed by atoms with E-state index in [1.807, 2.05) is 24.0 Å². The highest BCUT2D eigenvalue weighted by Gasteiger charge is 2.31. The predicted octanol–water partition coefficient (Wildman–Crippen LogP) is -0.830. The summed E-state index contributed by atoms with van der Waals surface area (Å²) in [5.74, 6) is 5.74. The van der Waals surface area contributed by atoms with Crippen molar-refractivity contribution in [1.82, 2.24) is 25.0 Å². The third kappa shape index (κ3) is 2.50. The number of hydrogen-bond acceptors (Lipinski definition) is 5. The zero-order valence-electron chi connectivity index (χ0n) is 10.8. The molecule has 1 aliphatic heterocycles. The molecule has 0 bridgehead atoms. The maximum atomic E-state index is 5.74. The lowest BCUT2D eigenvalue weighted by molar-refractivity contribution is 0.0855. The summed E-state index contributed by atoms with van der Waals surface area (Å²) in [5, 5.41) is 4.21. The second-order valence-electron chi connectivity index (χ2n) is 4.83. The number of piperazine rings is 1. The maximum absolute atomic E-state index is 5.74. The Morgan fingerprint density at radius 2 is 2.18 bits per heavy atom. The monoisotopic (exact) mass is 238 g/mol. The number of nitrogens with two attached hydrogens (primary N) is 1. The molecule has 2 atom stereocenters. The molecule has 6 nitrogen and oxygen atoms in total. The lowest BCUT2D eigenvalue weighted by Gasteiger charge is -2.41. The zero-order valence-corrected chi connectivity index (χ0v) is 10.8. The van der Waals surface area contributed by atoms with Gasteiger partial charge in [-0.2, -0.15) is 5.10 Å². The molecule has 1 aromatic heterocycles. The second-order valence-corrected chi connectivity index (χ2v) is 4.83. The normalized spacial score (nSPS) is 25.1. The Morgan fingerprint density at radius 1 is 1.41 bits per heavy atom. The van der Waals surface area contributed by atoms with E-state index in [1.165, 1.54) is 0 Å². The molecule has 2 unspecified atom stereocenters. The van der Waals surface area contributed by atoms with Crippen LogP contribution in [-0.2, 0) is 7.05 Å². The van der Waals surface area contributed by atoms with Crippen LogP contribution in [0.1, 0.15) is 11.7 Å². The third-order valence-electron chi connectivity index (χ3n) is 3.64. The molecule has 0 spiro atoms. The molecule has 2 rings (SSSR count). The van der Waals surface area contributed by atoms with Crippen LogP contribution in [0.4, 0.5) is 0 Å². The number of likely N-dealkylation sites (N-methyl/N-ethyl adjacent to an activating group) is 2. The number of nitrogens with zero attached hydrogens (tertiary/aromatic N) is 4. The Bertz CT molecular complexity index is 363. The van der Waals surface area contributed by atoms with Gasteiger partial charge >= 0.3 is 0 Å². The lowest BCUT2D eigenvalue weighted by atomic mass is 10.0. The Morgan fingerprint density at radius 3 is 2.76 bits per heavy atom. The van der Waals surface area contributed by atoms with Gasteiger partial charge in [-0.1, -0.05) is 0 Å². The summed E-state index contributed by atoms with van der Waals surface area (Å²) in [6.45, 7) is 3.18. The van der Waals surface area contributed by atoms with Crippen molar-refractivity contribution in [2.75, 3.05) is 33.7 Å². The molecule has 0 saturated carbocycles. The van der Waals surface area contributed by atoms with E-state index in [9.17, 15) is 0 Å². The molecular formula is C11H22N6. The molecule has 2 heterocycles. The van der Waals surface area contributed by atoms with Gasteiger partial charge < -0.3 is 4.90 Å². The van der Waals surface area contributed by atoms with Gasteiger partial charge in [0.1, 0.15) is 0 Å². The second kappa shape index (κ2) is 5.14. The number of nitrogens with one attached hydrogen (secondary N) is 1. The van der Waals surface area contributed by atoms with Gasteiger partial charge in [-0.25, -0.2) is 5.43 Å².